The Morgan fingerprint density at radius 3 is 2.88 bits per heavy atom. The topological polar surface area (TPSA) is 69.3 Å². The third-order valence-corrected chi connectivity index (χ3v) is 4.46. The van der Waals surface area contributed by atoms with Crippen molar-refractivity contribution in [1.82, 2.24) is 15.1 Å². The Labute approximate surface area is 141 Å². The Bertz CT molecular complexity index is 744. The number of aromatic nitrogens is 2. The molecular formula is C18H22N4O2. The Kier molecular flexibility index (Phi) is 4.93. The van der Waals surface area contributed by atoms with Gasteiger partial charge in [0.05, 0.1) is 17.8 Å². The van der Waals surface area contributed by atoms with Gasteiger partial charge in [0.15, 0.2) is 0 Å². The number of H-pyrrole nitrogens is 1. The highest BCUT2D eigenvalue weighted by molar-refractivity contribution is 5.80. The van der Waals surface area contributed by atoms with Gasteiger partial charge in [0.1, 0.15) is 0 Å². The molecule has 24 heavy (non-hydrogen) atoms. The van der Waals surface area contributed by atoms with Crippen molar-refractivity contribution in [1.29, 1.82) is 0 Å². The molecular weight excluding hydrogens is 304 g/mol. The average Bonchev–Trinajstić information content (AvgIpc) is 3.10. The summed E-state index contributed by atoms with van der Waals surface area (Å²) in [7, 11) is 0. The van der Waals surface area contributed by atoms with E-state index in [0.717, 1.165) is 24.2 Å². The number of nitrogens with one attached hydrogen (secondary N) is 1. The first-order valence-electron chi connectivity index (χ1n) is 8.29. The van der Waals surface area contributed by atoms with Crippen LogP contribution in [0.2, 0.25) is 0 Å². The summed E-state index contributed by atoms with van der Waals surface area (Å²) in [5.74, 6) is 0.148. The quantitative estimate of drug-likeness (QED) is 0.907. The molecule has 0 saturated carbocycles. The van der Waals surface area contributed by atoms with Gasteiger partial charge in [-0.05, 0) is 18.9 Å². The molecule has 2 heterocycles. The molecule has 1 aromatic heterocycles. The standard InChI is InChI=1S/C18H22N4O2/c1-2-21(12-14-6-4-3-5-7-14)18(24)15-8-9-22(13-15)16-10-17(23)20-19-11-16/h3-7,10-11,15H,2,8-9,12-13H2,1H3,(H,20,23)/t15-/m0/s1. The number of carbonyl (C=O) groups excluding carboxylic acids is 1. The lowest BCUT2D eigenvalue weighted by molar-refractivity contribution is -0.135. The smallest absolute Gasteiger partial charge is 0.266 e. The molecule has 1 aliphatic rings. The molecule has 3 rings (SSSR count). The number of aromatic amines is 1. The maximum Gasteiger partial charge on any atom is 0.266 e. The Hall–Kier alpha value is -2.63. The van der Waals surface area contributed by atoms with Gasteiger partial charge in [0.25, 0.3) is 5.56 Å². The second-order valence-electron chi connectivity index (χ2n) is 6.07. The Morgan fingerprint density at radius 1 is 1.38 bits per heavy atom. The van der Waals surface area contributed by atoms with E-state index in [2.05, 4.69) is 15.1 Å². The minimum atomic E-state index is -0.221. The van der Waals surface area contributed by atoms with E-state index in [0.29, 0.717) is 19.6 Å². The molecule has 1 aliphatic heterocycles. The van der Waals surface area contributed by atoms with Crippen LogP contribution in [0.1, 0.15) is 18.9 Å². The average molecular weight is 326 g/mol. The Balaban J connectivity index is 1.65. The summed E-state index contributed by atoms with van der Waals surface area (Å²) >= 11 is 0. The third kappa shape index (κ3) is 3.64. The number of rotatable bonds is 5. The molecule has 1 aromatic carbocycles. The second-order valence-corrected chi connectivity index (χ2v) is 6.07. The predicted molar refractivity (Wildman–Crippen MR) is 92.7 cm³/mol. The van der Waals surface area contributed by atoms with Crippen LogP contribution in [-0.4, -0.2) is 40.6 Å². The van der Waals surface area contributed by atoms with Gasteiger partial charge in [-0.1, -0.05) is 30.3 Å². The van der Waals surface area contributed by atoms with Gasteiger partial charge in [0, 0.05) is 32.2 Å². The number of anilines is 1. The molecule has 126 valence electrons. The van der Waals surface area contributed by atoms with E-state index in [4.69, 9.17) is 0 Å². The van der Waals surface area contributed by atoms with E-state index in [1.165, 1.54) is 6.07 Å². The summed E-state index contributed by atoms with van der Waals surface area (Å²) < 4.78 is 0. The third-order valence-electron chi connectivity index (χ3n) is 4.46. The molecule has 0 radical (unpaired) electrons. The minimum Gasteiger partial charge on any atom is -0.369 e. The highest BCUT2D eigenvalue weighted by Crippen LogP contribution is 2.24. The van der Waals surface area contributed by atoms with Crippen LogP contribution >= 0.6 is 0 Å². The van der Waals surface area contributed by atoms with Crippen LogP contribution in [0.5, 0.6) is 0 Å². The fourth-order valence-electron chi connectivity index (χ4n) is 3.14. The van der Waals surface area contributed by atoms with Crippen molar-refractivity contribution in [3.05, 3.63) is 58.5 Å². The fraction of sp³-hybridized carbons (Fsp3) is 0.389. The molecule has 1 N–H and O–H groups in total. The molecule has 6 nitrogen and oxygen atoms in total. The van der Waals surface area contributed by atoms with E-state index in [-0.39, 0.29) is 17.4 Å². The second kappa shape index (κ2) is 7.29. The SMILES string of the molecule is CCN(Cc1ccccc1)C(=O)[C@H]1CCN(c2cn[nH]c(=O)c2)C1. The van der Waals surface area contributed by atoms with E-state index in [1.807, 2.05) is 42.2 Å². The molecule has 2 aromatic rings. The Morgan fingerprint density at radius 2 is 2.17 bits per heavy atom. The summed E-state index contributed by atoms with van der Waals surface area (Å²) in [4.78, 5) is 28.2. The van der Waals surface area contributed by atoms with Crippen LogP contribution in [0.15, 0.2) is 47.4 Å². The molecule has 1 saturated heterocycles. The van der Waals surface area contributed by atoms with Crippen LogP contribution in [0, 0.1) is 5.92 Å². The largest absolute Gasteiger partial charge is 0.369 e. The van der Waals surface area contributed by atoms with Crippen molar-refractivity contribution < 1.29 is 4.79 Å². The normalized spacial score (nSPS) is 17.0. The number of carbonyl (C=O) groups is 1. The van der Waals surface area contributed by atoms with Crippen molar-refractivity contribution in [2.24, 2.45) is 5.92 Å². The van der Waals surface area contributed by atoms with Crippen molar-refractivity contribution in [2.45, 2.75) is 19.9 Å². The molecule has 1 amide bonds. The summed E-state index contributed by atoms with van der Waals surface area (Å²) in [6.45, 7) is 4.74. The van der Waals surface area contributed by atoms with Crippen molar-refractivity contribution >= 4 is 11.6 Å². The summed E-state index contributed by atoms with van der Waals surface area (Å²) in [6.07, 6.45) is 2.44. The lowest BCUT2D eigenvalue weighted by Gasteiger charge is -2.25. The van der Waals surface area contributed by atoms with Crippen LogP contribution < -0.4 is 10.5 Å². The van der Waals surface area contributed by atoms with E-state index in [1.54, 1.807) is 6.20 Å². The minimum absolute atomic E-state index is 0.0343. The molecule has 0 unspecified atom stereocenters. The predicted octanol–water partition coefficient (Wildman–Crippen LogP) is 1.64. The number of amides is 1. The molecule has 0 spiro atoms. The first-order chi connectivity index (χ1) is 11.7. The lowest BCUT2D eigenvalue weighted by atomic mass is 10.1. The monoisotopic (exact) mass is 326 g/mol. The van der Waals surface area contributed by atoms with Crippen molar-refractivity contribution in [3.8, 4) is 0 Å². The maximum atomic E-state index is 12.8. The van der Waals surface area contributed by atoms with E-state index >= 15 is 0 Å². The van der Waals surface area contributed by atoms with Crippen molar-refractivity contribution in [2.75, 3.05) is 24.5 Å². The lowest BCUT2D eigenvalue weighted by Crippen LogP contribution is -2.37. The van der Waals surface area contributed by atoms with Crippen molar-refractivity contribution in [3.63, 3.8) is 0 Å². The molecule has 1 atom stereocenters. The molecule has 0 bridgehead atoms. The maximum absolute atomic E-state index is 12.8. The van der Waals surface area contributed by atoms with Gasteiger partial charge in [-0.2, -0.15) is 5.10 Å². The van der Waals surface area contributed by atoms with Gasteiger partial charge >= 0.3 is 0 Å². The number of hydrogen-bond acceptors (Lipinski definition) is 4. The van der Waals surface area contributed by atoms with Gasteiger partial charge in [-0.15, -0.1) is 0 Å². The van der Waals surface area contributed by atoms with Gasteiger partial charge in [-0.25, -0.2) is 5.10 Å². The highest BCUT2D eigenvalue weighted by atomic mass is 16.2. The number of benzene rings is 1. The fourth-order valence-corrected chi connectivity index (χ4v) is 3.14. The molecule has 1 fully saturated rings. The number of nitrogens with zero attached hydrogens (tertiary/aromatic N) is 3. The van der Waals surface area contributed by atoms with E-state index < -0.39 is 0 Å². The van der Waals surface area contributed by atoms with Crippen LogP contribution in [0.4, 0.5) is 5.69 Å². The zero-order valence-corrected chi connectivity index (χ0v) is 13.8. The summed E-state index contributed by atoms with van der Waals surface area (Å²) in [5, 5.41) is 6.21. The van der Waals surface area contributed by atoms with Gasteiger partial charge in [-0.3, -0.25) is 9.59 Å². The molecule has 6 heteroatoms. The first-order valence-corrected chi connectivity index (χ1v) is 8.29. The zero-order valence-electron chi connectivity index (χ0n) is 13.8. The summed E-state index contributed by atoms with van der Waals surface area (Å²) in [6, 6.07) is 11.6. The van der Waals surface area contributed by atoms with Crippen LogP contribution in [0.3, 0.4) is 0 Å². The van der Waals surface area contributed by atoms with Crippen LogP contribution in [0.25, 0.3) is 0 Å². The molecule has 0 aliphatic carbocycles. The van der Waals surface area contributed by atoms with E-state index in [9.17, 15) is 9.59 Å². The van der Waals surface area contributed by atoms with Crippen LogP contribution in [-0.2, 0) is 11.3 Å². The first kappa shape index (κ1) is 16.2. The highest BCUT2D eigenvalue weighted by Gasteiger charge is 2.31. The summed E-state index contributed by atoms with van der Waals surface area (Å²) in [5.41, 5.74) is 1.70. The van der Waals surface area contributed by atoms with Gasteiger partial charge in [0.2, 0.25) is 5.91 Å². The number of hydrogen-bond donors (Lipinski definition) is 1. The zero-order chi connectivity index (χ0) is 16.9. The van der Waals surface area contributed by atoms with Gasteiger partial charge < -0.3 is 9.80 Å².